The van der Waals surface area contributed by atoms with Gasteiger partial charge >= 0.3 is 0 Å². The van der Waals surface area contributed by atoms with E-state index in [1.54, 1.807) is 6.07 Å². The maximum absolute atomic E-state index is 11.8. The van der Waals surface area contributed by atoms with Gasteiger partial charge in [-0.1, -0.05) is 54.6 Å². The zero-order valence-electron chi connectivity index (χ0n) is 17.6. The number of hydrogen-bond acceptors (Lipinski definition) is 5. The second-order valence-corrected chi connectivity index (χ2v) is 8.81. The number of aliphatic imine (C=N–C) groups is 1. The van der Waals surface area contributed by atoms with Crippen LogP contribution in [0.3, 0.4) is 0 Å². The van der Waals surface area contributed by atoms with Crippen molar-refractivity contribution in [1.82, 2.24) is 0 Å². The van der Waals surface area contributed by atoms with Gasteiger partial charge in [-0.25, -0.2) is 0 Å². The minimum atomic E-state index is -0.881. The van der Waals surface area contributed by atoms with E-state index in [0.29, 0.717) is 11.4 Å². The van der Waals surface area contributed by atoms with Crippen LogP contribution in [0.25, 0.3) is 21.5 Å². The van der Waals surface area contributed by atoms with Crippen molar-refractivity contribution in [2.45, 2.75) is 25.0 Å². The summed E-state index contributed by atoms with van der Waals surface area (Å²) in [5.41, 5.74) is 1.92. The fourth-order valence-electron chi connectivity index (χ4n) is 5.34. The lowest BCUT2D eigenvalue weighted by atomic mass is 9.75. The monoisotopic (exact) mass is 407 g/mol. The Hall–Kier alpha value is -3.73. The molecule has 0 radical (unpaired) electrons. The highest BCUT2D eigenvalue weighted by Crippen LogP contribution is 2.57. The molecule has 0 aromatic heterocycles. The Morgan fingerprint density at radius 2 is 1.65 bits per heavy atom. The molecular formula is C26H21N3O2. The Labute approximate surface area is 179 Å². The first-order chi connectivity index (χ1) is 15.0. The lowest BCUT2D eigenvalue weighted by molar-refractivity contribution is 0.0838. The minimum Gasteiger partial charge on any atom is -0.457 e. The molecule has 0 saturated heterocycles. The minimum absolute atomic E-state index is 0.273. The number of fused-ring (bicyclic) bond motifs is 6. The highest BCUT2D eigenvalue weighted by molar-refractivity contribution is 6.04. The lowest BCUT2D eigenvalue weighted by Gasteiger charge is -2.45. The molecule has 4 aromatic rings. The molecule has 31 heavy (non-hydrogen) atoms. The van der Waals surface area contributed by atoms with E-state index in [0.717, 1.165) is 16.5 Å². The van der Waals surface area contributed by atoms with Crippen LogP contribution in [0.1, 0.15) is 19.4 Å². The van der Waals surface area contributed by atoms with Crippen LogP contribution in [0.5, 0.6) is 5.75 Å². The zero-order valence-corrected chi connectivity index (χ0v) is 17.6. The van der Waals surface area contributed by atoms with Gasteiger partial charge in [0.15, 0.2) is 11.4 Å². The molecule has 0 fully saturated rings. The van der Waals surface area contributed by atoms with Gasteiger partial charge in [-0.15, -0.1) is 4.91 Å². The molecule has 5 heteroatoms. The van der Waals surface area contributed by atoms with E-state index in [9.17, 15) is 4.91 Å². The highest BCUT2D eigenvalue weighted by Gasteiger charge is 2.59. The maximum Gasteiger partial charge on any atom is 0.228 e. The van der Waals surface area contributed by atoms with Gasteiger partial charge in [0.2, 0.25) is 5.72 Å². The van der Waals surface area contributed by atoms with Crippen molar-refractivity contribution < 1.29 is 4.74 Å². The average molecular weight is 407 g/mol. The Bertz CT molecular complexity index is 1440. The number of nitroso groups, excluding NO2 is 1. The van der Waals surface area contributed by atoms with Crippen molar-refractivity contribution in [3.05, 3.63) is 77.2 Å². The summed E-state index contributed by atoms with van der Waals surface area (Å²) >= 11 is 0. The summed E-state index contributed by atoms with van der Waals surface area (Å²) in [5, 5.41) is 7.54. The van der Waals surface area contributed by atoms with Gasteiger partial charge in [-0.05, 0) is 52.9 Å². The van der Waals surface area contributed by atoms with Gasteiger partial charge in [0.25, 0.3) is 0 Å². The molecule has 2 aliphatic rings. The molecule has 0 saturated carbocycles. The molecule has 4 aromatic carbocycles. The first-order valence-electron chi connectivity index (χ1n) is 10.4. The van der Waals surface area contributed by atoms with Crippen molar-refractivity contribution in [3.8, 4) is 5.75 Å². The third-order valence-electron chi connectivity index (χ3n) is 6.97. The van der Waals surface area contributed by atoms with E-state index in [4.69, 9.17) is 9.73 Å². The Kier molecular flexibility index (Phi) is 3.45. The molecule has 2 aliphatic heterocycles. The standard InChI is InChI=1S/C26H21N3O2/c1-25(2)22-18-10-6-4-8-16(18)12-13-21(22)29(3)26(25)15-27-23-19-11-7-5-9-17(19)14-20(28-30)24(23)31-26/h4-15H,1-3H3. The summed E-state index contributed by atoms with van der Waals surface area (Å²) in [6.07, 6.45) is 1.89. The van der Waals surface area contributed by atoms with Gasteiger partial charge in [-0.2, -0.15) is 0 Å². The molecule has 6 rings (SSSR count). The van der Waals surface area contributed by atoms with Crippen LogP contribution in [0.15, 0.2) is 76.9 Å². The molecule has 2 heterocycles. The number of hydrogen-bond donors (Lipinski definition) is 0. The van der Waals surface area contributed by atoms with Crippen LogP contribution in [0.4, 0.5) is 17.1 Å². The number of benzene rings is 4. The van der Waals surface area contributed by atoms with Crippen molar-refractivity contribution in [2.75, 3.05) is 11.9 Å². The number of ether oxygens (including phenoxy) is 1. The SMILES string of the molecule is CN1c2ccc3ccccc3c2C(C)(C)C12C=Nc1c(c(N=O)cc3ccccc13)O2. The summed E-state index contributed by atoms with van der Waals surface area (Å²) in [4.78, 5) is 18.8. The van der Waals surface area contributed by atoms with Gasteiger partial charge in [0.05, 0.1) is 11.6 Å². The van der Waals surface area contributed by atoms with E-state index < -0.39 is 11.1 Å². The number of anilines is 1. The predicted octanol–water partition coefficient (Wildman–Crippen LogP) is 6.61. The summed E-state index contributed by atoms with van der Waals surface area (Å²) in [6, 6.07) is 22.3. The van der Waals surface area contributed by atoms with E-state index in [1.807, 2.05) is 37.5 Å². The van der Waals surface area contributed by atoms with Crippen LogP contribution in [-0.2, 0) is 5.41 Å². The van der Waals surface area contributed by atoms with Crippen LogP contribution < -0.4 is 9.64 Å². The number of rotatable bonds is 1. The molecule has 1 spiro atoms. The molecule has 1 atom stereocenters. The second-order valence-electron chi connectivity index (χ2n) is 8.81. The van der Waals surface area contributed by atoms with Crippen molar-refractivity contribution in [3.63, 3.8) is 0 Å². The van der Waals surface area contributed by atoms with Crippen LogP contribution in [-0.4, -0.2) is 19.0 Å². The van der Waals surface area contributed by atoms with Crippen molar-refractivity contribution in [2.24, 2.45) is 10.2 Å². The fourth-order valence-corrected chi connectivity index (χ4v) is 5.34. The maximum atomic E-state index is 11.8. The molecule has 0 N–H and O–H groups in total. The topological polar surface area (TPSA) is 54.3 Å². The van der Waals surface area contributed by atoms with E-state index in [-0.39, 0.29) is 5.69 Å². The highest BCUT2D eigenvalue weighted by atomic mass is 16.5. The molecule has 0 bridgehead atoms. The lowest BCUT2D eigenvalue weighted by Crippen LogP contribution is -2.61. The van der Waals surface area contributed by atoms with Crippen LogP contribution >= 0.6 is 0 Å². The second kappa shape index (κ2) is 5.91. The van der Waals surface area contributed by atoms with E-state index in [1.165, 1.54) is 16.3 Å². The van der Waals surface area contributed by atoms with Crippen molar-refractivity contribution in [1.29, 1.82) is 0 Å². The smallest absolute Gasteiger partial charge is 0.228 e. The Morgan fingerprint density at radius 1 is 0.935 bits per heavy atom. The zero-order chi connectivity index (χ0) is 21.4. The van der Waals surface area contributed by atoms with E-state index >= 15 is 0 Å². The Balaban J connectivity index is 1.62. The Morgan fingerprint density at radius 3 is 2.42 bits per heavy atom. The summed E-state index contributed by atoms with van der Waals surface area (Å²) in [5.74, 6) is 0.438. The summed E-state index contributed by atoms with van der Waals surface area (Å²) in [7, 11) is 2.02. The third-order valence-corrected chi connectivity index (χ3v) is 6.97. The predicted molar refractivity (Wildman–Crippen MR) is 126 cm³/mol. The first-order valence-corrected chi connectivity index (χ1v) is 10.4. The van der Waals surface area contributed by atoms with Gasteiger partial charge in [0.1, 0.15) is 5.69 Å². The summed E-state index contributed by atoms with van der Waals surface area (Å²) < 4.78 is 6.75. The molecule has 1 unspecified atom stereocenters. The number of nitrogens with zero attached hydrogens (tertiary/aromatic N) is 3. The molecule has 5 nitrogen and oxygen atoms in total. The summed E-state index contributed by atoms with van der Waals surface area (Å²) in [6.45, 7) is 4.35. The van der Waals surface area contributed by atoms with Gasteiger partial charge in [0, 0.05) is 18.1 Å². The van der Waals surface area contributed by atoms with E-state index in [2.05, 4.69) is 60.3 Å². The average Bonchev–Trinajstić information content (AvgIpc) is 2.96. The van der Waals surface area contributed by atoms with Crippen molar-refractivity contribution >= 4 is 44.8 Å². The van der Waals surface area contributed by atoms with Crippen LogP contribution in [0, 0.1) is 4.91 Å². The fraction of sp³-hybridized carbons (Fsp3) is 0.192. The molecule has 0 amide bonds. The molecular weight excluding hydrogens is 386 g/mol. The largest absolute Gasteiger partial charge is 0.457 e. The normalized spacial score (nSPS) is 20.7. The van der Waals surface area contributed by atoms with Gasteiger partial charge < -0.3 is 9.64 Å². The third kappa shape index (κ3) is 2.13. The number of likely N-dealkylation sites (N-methyl/N-ethyl adjacent to an activating group) is 1. The quantitative estimate of drug-likeness (QED) is 0.334. The van der Waals surface area contributed by atoms with Gasteiger partial charge in [-0.3, -0.25) is 4.99 Å². The first kappa shape index (κ1) is 18.1. The molecule has 0 aliphatic carbocycles. The van der Waals surface area contributed by atoms with Crippen LogP contribution in [0.2, 0.25) is 0 Å². The molecule has 152 valence electrons.